The average molecular weight is 355 g/mol. The molecule has 0 atom stereocenters. The molecule has 1 saturated carbocycles. The van der Waals surface area contributed by atoms with Gasteiger partial charge in [0.1, 0.15) is 0 Å². The second-order valence-corrected chi connectivity index (χ2v) is 7.90. The van der Waals surface area contributed by atoms with Crippen molar-refractivity contribution in [3.05, 3.63) is 34.9 Å². The molecule has 3 amide bonds. The Hall–Kier alpha value is -2.04. The Morgan fingerprint density at radius 3 is 2.23 bits per heavy atom. The van der Waals surface area contributed by atoms with E-state index in [0.717, 1.165) is 31.2 Å². The van der Waals surface area contributed by atoms with Crippen LogP contribution in [-0.4, -0.2) is 54.0 Å². The second kappa shape index (κ2) is 7.68. The van der Waals surface area contributed by atoms with Gasteiger partial charge >= 0.3 is 6.03 Å². The summed E-state index contributed by atoms with van der Waals surface area (Å²) in [6, 6.07) is 6.59. The summed E-state index contributed by atoms with van der Waals surface area (Å²) < 4.78 is 0. The van der Waals surface area contributed by atoms with Crippen LogP contribution in [0.5, 0.6) is 0 Å². The van der Waals surface area contributed by atoms with Crippen molar-refractivity contribution in [3.63, 3.8) is 0 Å². The van der Waals surface area contributed by atoms with E-state index in [1.54, 1.807) is 0 Å². The molecule has 0 aromatic heterocycles. The van der Waals surface area contributed by atoms with Crippen molar-refractivity contribution in [1.29, 1.82) is 0 Å². The first-order valence-electron chi connectivity index (χ1n) is 10.2. The molecule has 1 aliphatic heterocycles. The monoisotopic (exact) mass is 355 g/mol. The highest BCUT2D eigenvalue weighted by molar-refractivity contribution is 5.94. The lowest BCUT2D eigenvalue weighted by atomic mass is 9.90. The maximum atomic E-state index is 12.8. The van der Waals surface area contributed by atoms with E-state index in [2.05, 4.69) is 17.4 Å². The van der Waals surface area contributed by atoms with Gasteiger partial charge in [-0.2, -0.15) is 0 Å². The maximum absolute atomic E-state index is 12.8. The molecule has 1 N–H and O–H groups in total. The van der Waals surface area contributed by atoms with Gasteiger partial charge in [0, 0.05) is 37.8 Å². The molecule has 2 fully saturated rings. The average Bonchev–Trinajstić information content (AvgIpc) is 3.20. The Bertz CT molecular complexity index is 674. The molecule has 1 aromatic rings. The van der Waals surface area contributed by atoms with Gasteiger partial charge in [0.15, 0.2) is 0 Å². The van der Waals surface area contributed by atoms with Crippen LogP contribution in [0.3, 0.4) is 0 Å². The van der Waals surface area contributed by atoms with Crippen LogP contribution in [0, 0.1) is 0 Å². The molecular formula is C21H29N3O2. The second-order valence-electron chi connectivity index (χ2n) is 7.90. The fourth-order valence-corrected chi connectivity index (χ4v) is 4.50. The Morgan fingerprint density at radius 2 is 1.50 bits per heavy atom. The molecule has 1 saturated heterocycles. The Kier molecular flexibility index (Phi) is 5.14. The van der Waals surface area contributed by atoms with Crippen LogP contribution in [0.4, 0.5) is 4.79 Å². The number of amides is 3. The molecule has 1 heterocycles. The molecular weight excluding hydrogens is 326 g/mol. The summed E-state index contributed by atoms with van der Waals surface area (Å²) in [4.78, 5) is 29.0. The molecule has 3 aliphatic rings. The number of nitrogens with zero attached hydrogens (tertiary/aromatic N) is 2. The number of hydrogen-bond acceptors (Lipinski definition) is 2. The fraction of sp³-hybridized carbons (Fsp3) is 0.619. The van der Waals surface area contributed by atoms with Crippen LogP contribution in [0.1, 0.15) is 60.0 Å². The van der Waals surface area contributed by atoms with Gasteiger partial charge < -0.3 is 15.1 Å². The highest BCUT2D eigenvalue weighted by atomic mass is 16.2. The first-order chi connectivity index (χ1) is 12.7. The van der Waals surface area contributed by atoms with E-state index in [1.165, 1.54) is 36.8 Å². The Labute approximate surface area is 155 Å². The van der Waals surface area contributed by atoms with E-state index in [0.29, 0.717) is 32.2 Å². The molecule has 2 aliphatic carbocycles. The van der Waals surface area contributed by atoms with E-state index in [-0.39, 0.29) is 11.9 Å². The third-order valence-electron chi connectivity index (χ3n) is 6.13. The lowest BCUT2D eigenvalue weighted by Crippen LogP contribution is -2.54. The van der Waals surface area contributed by atoms with Crippen LogP contribution < -0.4 is 5.32 Å². The van der Waals surface area contributed by atoms with Crippen LogP contribution in [0.2, 0.25) is 0 Å². The van der Waals surface area contributed by atoms with E-state index in [9.17, 15) is 9.59 Å². The molecule has 0 bridgehead atoms. The summed E-state index contributed by atoms with van der Waals surface area (Å²) in [6.07, 6.45) is 9.34. The third-order valence-corrected chi connectivity index (χ3v) is 6.13. The van der Waals surface area contributed by atoms with Crippen molar-refractivity contribution in [1.82, 2.24) is 15.1 Å². The number of piperazine rings is 1. The van der Waals surface area contributed by atoms with Crippen LogP contribution in [-0.2, 0) is 12.8 Å². The van der Waals surface area contributed by atoms with E-state index in [4.69, 9.17) is 0 Å². The van der Waals surface area contributed by atoms with Gasteiger partial charge in [-0.05, 0) is 61.8 Å². The van der Waals surface area contributed by atoms with Crippen molar-refractivity contribution in [3.8, 4) is 0 Å². The fourth-order valence-electron chi connectivity index (χ4n) is 4.50. The number of aryl methyl sites for hydroxylation is 2. The number of fused-ring (bicyclic) bond motifs is 1. The van der Waals surface area contributed by atoms with Crippen LogP contribution in [0.15, 0.2) is 18.2 Å². The molecule has 0 radical (unpaired) electrons. The smallest absolute Gasteiger partial charge is 0.317 e. The number of benzene rings is 1. The Morgan fingerprint density at radius 1 is 0.846 bits per heavy atom. The van der Waals surface area contributed by atoms with E-state index < -0.39 is 0 Å². The van der Waals surface area contributed by atoms with Crippen molar-refractivity contribution in [2.75, 3.05) is 26.2 Å². The minimum absolute atomic E-state index is 0.0396. The molecule has 0 unspecified atom stereocenters. The van der Waals surface area contributed by atoms with Crippen molar-refractivity contribution in [2.45, 2.75) is 57.4 Å². The summed E-state index contributed by atoms with van der Waals surface area (Å²) in [5, 5.41) is 3.14. The predicted molar refractivity (Wildman–Crippen MR) is 101 cm³/mol. The van der Waals surface area contributed by atoms with Gasteiger partial charge in [0.25, 0.3) is 5.91 Å². The highest BCUT2D eigenvalue weighted by Gasteiger charge is 2.27. The molecule has 5 nitrogen and oxygen atoms in total. The lowest BCUT2D eigenvalue weighted by Gasteiger charge is -2.35. The first kappa shape index (κ1) is 17.4. The maximum Gasteiger partial charge on any atom is 0.317 e. The molecule has 140 valence electrons. The number of rotatable bonds is 2. The SMILES string of the molecule is O=C(NC1CCCC1)N1CCN(C(=O)c2ccc3c(c2)CCCC3)CC1. The molecule has 1 aromatic carbocycles. The van der Waals surface area contributed by atoms with Crippen molar-refractivity contribution < 1.29 is 9.59 Å². The summed E-state index contributed by atoms with van der Waals surface area (Å²) in [7, 11) is 0. The predicted octanol–water partition coefficient (Wildman–Crippen LogP) is 2.98. The van der Waals surface area contributed by atoms with Gasteiger partial charge in [-0.1, -0.05) is 18.9 Å². The largest absolute Gasteiger partial charge is 0.335 e. The van der Waals surface area contributed by atoms with Gasteiger partial charge in [0.2, 0.25) is 0 Å². The minimum Gasteiger partial charge on any atom is -0.335 e. The van der Waals surface area contributed by atoms with E-state index >= 15 is 0 Å². The lowest BCUT2D eigenvalue weighted by molar-refractivity contribution is 0.0663. The summed E-state index contributed by atoms with van der Waals surface area (Å²) >= 11 is 0. The number of nitrogens with one attached hydrogen (secondary N) is 1. The summed E-state index contributed by atoms with van der Waals surface area (Å²) in [5.74, 6) is 0.106. The zero-order valence-electron chi connectivity index (χ0n) is 15.5. The minimum atomic E-state index is 0.0396. The van der Waals surface area contributed by atoms with Crippen LogP contribution >= 0.6 is 0 Å². The van der Waals surface area contributed by atoms with Crippen LogP contribution in [0.25, 0.3) is 0 Å². The third kappa shape index (κ3) is 3.71. The quantitative estimate of drug-likeness (QED) is 0.887. The normalized spacial score (nSPS) is 20.8. The summed E-state index contributed by atoms with van der Waals surface area (Å²) in [6.45, 7) is 2.48. The number of urea groups is 1. The summed E-state index contributed by atoms with van der Waals surface area (Å²) in [5.41, 5.74) is 3.55. The molecule has 26 heavy (non-hydrogen) atoms. The zero-order valence-corrected chi connectivity index (χ0v) is 15.5. The van der Waals surface area contributed by atoms with Gasteiger partial charge in [-0.15, -0.1) is 0 Å². The topological polar surface area (TPSA) is 52.7 Å². The highest BCUT2D eigenvalue weighted by Crippen LogP contribution is 2.23. The Balaban J connectivity index is 1.32. The van der Waals surface area contributed by atoms with Gasteiger partial charge in [-0.25, -0.2) is 4.79 Å². The zero-order chi connectivity index (χ0) is 17.9. The number of carbonyl (C=O) groups excluding carboxylic acids is 2. The first-order valence-corrected chi connectivity index (χ1v) is 10.2. The standard InChI is InChI=1S/C21H29N3O2/c25-20(18-10-9-16-5-1-2-6-17(16)15-18)23-11-13-24(14-12-23)21(26)22-19-7-3-4-8-19/h9-10,15,19H,1-8,11-14H2,(H,22,26). The number of hydrogen-bond donors (Lipinski definition) is 1. The van der Waals surface area contributed by atoms with E-state index in [1.807, 2.05) is 15.9 Å². The van der Waals surface area contributed by atoms with Gasteiger partial charge in [0.05, 0.1) is 0 Å². The molecule has 5 heteroatoms. The van der Waals surface area contributed by atoms with Crippen molar-refractivity contribution >= 4 is 11.9 Å². The number of carbonyl (C=O) groups is 2. The molecule has 4 rings (SSSR count). The van der Waals surface area contributed by atoms with Crippen molar-refractivity contribution in [2.24, 2.45) is 0 Å². The van der Waals surface area contributed by atoms with Gasteiger partial charge in [-0.3, -0.25) is 4.79 Å². The molecule has 0 spiro atoms.